The number of aromatic hydroxyl groups is 2. The number of aldehydes is 1. The van der Waals surface area contributed by atoms with Crippen LogP contribution in [0.25, 0.3) is 0 Å². The molecule has 0 bridgehead atoms. The second-order valence-corrected chi connectivity index (χ2v) is 17.9. The van der Waals surface area contributed by atoms with Gasteiger partial charge in [0.1, 0.15) is 34.8 Å². The number of morpholine rings is 1. The summed E-state index contributed by atoms with van der Waals surface area (Å²) in [6.07, 6.45) is 3.22. The van der Waals surface area contributed by atoms with Gasteiger partial charge in [-0.05, 0) is 79.4 Å². The van der Waals surface area contributed by atoms with E-state index in [1.165, 1.54) is 34.8 Å². The normalized spacial score (nSPS) is 26.5. The van der Waals surface area contributed by atoms with Crippen LogP contribution in [0.15, 0.2) is 47.6 Å². The number of benzene rings is 2. The number of nitrogens with zero attached hydrogens (tertiary/aromatic N) is 2. The maximum absolute atomic E-state index is 14.2. The number of hydrogen-bond acceptors (Lipinski definition) is 15. The number of methoxy groups -OCH3 is 1. The lowest BCUT2D eigenvalue weighted by Crippen LogP contribution is -2.55. The van der Waals surface area contributed by atoms with Gasteiger partial charge in [-0.1, -0.05) is 35.9 Å². The number of fused-ring (bicyclic) bond motifs is 3. The number of ketones is 2. The number of aromatic nitrogens is 1. The van der Waals surface area contributed by atoms with Crippen LogP contribution in [0.3, 0.4) is 0 Å². The molecule has 3 aromatic rings. The predicted octanol–water partition coefficient (Wildman–Crippen LogP) is 4.31. The number of hydrazine groups is 1. The molecular weight excluding hydrogens is 773 g/mol. The predicted molar refractivity (Wildman–Crippen MR) is 213 cm³/mol. The first-order chi connectivity index (χ1) is 27.4. The van der Waals surface area contributed by atoms with Crippen molar-refractivity contribution < 1.29 is 48.7 Å². The van der Waals surface area contributed by atoms with Crippen molar-refractivity contribution in [3.05, 3.63) is 76.0 Å². The Labute approximate surface area is 338 Å². The van der Waals surface area contributed by atoms with Crippen molar-refractivity contribution in [3.8, 4) is 17.2 Å². The summed E-state index contributed by atoms with van der Waals surface area (Å²) in [5.41, 5.74) is 4.72. The van der Waals surface area contributed by atoms with E-state index in [4.69, 9.17) is 14.2 Å². The van der Waals surface area contributed by atoms with Crippen molar-refractivity contribution in [2.75, 3.05) is 32.6 Å². The zero-order chi connectivity index (χ0) is 40.4. The average Bonchev–Trinajstić information content (AvgIpc) is 3.20. The van der Waals surface area contributed by atoms with E-state index in [1.54, 1.807) is 18.3 Å². The van der Waals surface area contributed by atoms with Gasteiger partial charge < -0.3 is 34.3 Å². The highest BCUT2D eigenvalue weighted by molar-refractivity contribution is 8.76. The van der Waals surface area contributed by atoms with Crippen molar-refractivity contribution in [2.45, 2.75) is 93.8 Å². The molecule has 4 aliphatic rings. The molecule has 2 aliphatic carbocycles. The summed E-state index contributed by atoms with van der Waals surface area (Å²) in [7, 11) is 4.34. The molecule has 0 spiro atoms. The first-order valence-corrected chi connectivity index (χ1v) is 21.5. The van der Waals surface area contributed by atoms with Crippen molar-refractivity contribution in [3.63, 3.8) is 0 Å². The molecule has 2 aliphatic heterocycles. The van der Waals surface area contributed by atoms with E-state index in [1.807, 2.05) is 36.9 Å². The van der Waals surface area contributed by atoms with Gasteiger partial charge >= 0.3 is 0 Å². The Morgan fingerprint density at radius 3 is 2.67 bits per heavy atom. The Bertz CT molecular complexity index is 2020. The topological polar surface area (TPSA) is 197 Å². The molecule has 1 aromatic heterocycles. The molecule has 0 saturated carbocycles. The van der Waals surface area contributed by atoms with Crippen LogP contribution in [0.1, 0.15) is 94.8 Å². The van der Waals surface area contributed by atoms with Crippen molar-refractivity contribution in [1.82, 2.24) is 20.7 Å². The van der Waals surface area contributed by atoms with E-state index in [2.05, 4.69) is 15.8 Å². The third-order valence-electron chi connectivity index (χ3n) is 11.6. The van der Waals surface area contributed by atoms with Crippen LogP contribution >= 0.6 is 21.6 Å². The van der Waals surface area contributed by atoms with Gasteiger partial charge in [-0.2, -0.15) is 0 Å². The largest absolute Gasteiger partial charge is 0.507 e. The fourth-order valence-corrected chi connectivity index (χ4v) is 10.9. The number of rotatable bonds is 13. The average molecular weight is 821 g/mol. The monoisotopic (exact) mass is 820 g/mol. The summed E-state index contributed by atoms with van der Waals surface area (Å²) >= 11 is 0. The van der Waals surface area contributed by atoms with E-state index in [0.29, 0.717) is 43.7 Å². The molecule has 2 aromatic carbocycles. The molecule has 0 radical (unpaired) electrons. The van der Waals surface area contributed by atoms with Crippen LogP contribution in [-0.2, 0) is 25.5 Å². The minimum Gasteiger partial charge on any atom is -0.507 e. The number of carbonyl (C=O) groups is 4. The van der Waals surface area contributed by atoms with Crippen molar-refractivity contribution in [2.24, 2.45) is 5.41 Å². The molecule has 7 unspecified atom stereocenters. The first kappa shape index (κ1) is 41.1. The summed E-state index contributed by atoms with van der Waals surface area (Å²) in [6, 6.07) is 9.27. The Balaban J connectivity index is 1.19. The van der Waals surface area contributed by atoms with Gasteiger partial charge in [0.05, 0.1) is 55.3 Å². The molecule has 14 nitrogen and oxygen atoms in total. The lowest BCUT2D eigenvalue weighted by molar-refractivity contribution is -0.155. The number of carbonyl (C=O) groups excluding carboxylic acids is 4. The van der Waals surface area contributed by atoms with Crippen LogP contribution in [0.5, 0.6) is 17.2 Å². The van der Waals surface area contributed by atoms with E-state index < -0.39 is 46.7 Å². The number of ether oxygens (including phenoxy) is 3. The standard InChI is InChI=1S/C41H48N4O10S2/c1-22-15-24(45-12-13-54-21-32(45)48)17-25(55-22)16-23-18-41(2,29(20-46)43-44-30(47)10-14-56-57-31-9-4-5-11-42-31)19-27-33(23)39(51)36-35(38(27)50)37(49)26-7-6-8-28(53-3)34(26)40(36)52/h4-9,11,20,22-25,29,32,43,48,50-51H,10,12-19,21H2,1-3H3,(H,44,47). The Morgan fingerprint density at radius 1 is 1.12 bits per heavy atom. The maximum atomic E-state index is 14.2. The zero-order valence-corrected chi connectivity index (χ0v) is 33.7. The number of pyridine rings is 1. The molecule has 1 amide bonds. The SMILES string of the molecule is COc1cccc2c1C(=O)c1c(O)c3c(c(O)c1C2=O)CC(C)(C(C=O)NNC(=O)CCSSc1ccccn1)CC3CC1CC(N2CCOCC2O)CC(C)O1. The van der Waals surface area contributed by atoms with E-state index in [9.17, 15) is 34.5 Å². The van der Waals surface area contributed by atoms with Gasteiger partial charge in [-0.25, -0.2) is 10.4 Å². The van der Waals surface area contributed by atoms with Gasteiger partial charge in [0.2, 0.25) is 11.7 Å². The number of phenols is 2. The molecule has 7 rings (SSSR count). The lowest BCUT2D eigenvalue weighted by Gasteiger charge is -2.47. The summed E-state index contributed by atoms with van der Waals surface area (Å²) in [6.45, 7) is 5.12. The minimum absolute atomic E-state index is 0.00961. The second kappa shape index (κ2) is 17.4. The molecule has 5 N–H and O–H groups in total. The third kappa shape index (κ3) is 8.31. The van der Waals surface area contributed by atoms with E-state index in [0.717, 1.165) is 11.3 Å². The number of aliphatic hydroxyl groups is 1. The smallest absolute Gasteiger partial charge is 0.234 e. The maximum Gasteiger partial charge on any atom is 0.234 e. The Hall–Kier alpha value is -4.03. The molecule has 7 atom stereocenters. The number of nitrogens with one attached hydrogen (secondary N) is 2. The third-order valence-corrected chi connectivity index (χ3v) is 13.9. The highest BCUT2D eigenvalue weighted by atomic mass is 33.1. The number of phenolic OH excluding ortho intramolecular Hbond substituents is 2. The zero-order valence-electron chi connectivity index (χ0n) is 32.1. The van der Waals surface area contributed by atoms with Gasteiger partial charge in [0, 0.05) is 47.6 Å². The van der Waals surface area contributed by atoms with Gasteiger partial charge in [0.15, 0.2) is 5.78 Å². The first-order valence-electron chi connectivity index (χ1n) is 19.2. The molecule has 3 heterocycles. The number of aliphatic hydroxyl groups excluding tert-OH is 1. The number of amides is 1. The highest BCUT2D eigenvalue weighted by Gasteiger charge is 2.49. The summed E-state index contributed by atoms with van der Waals surface area (Å²) in [4.78, 5) is 60.5. The Kier molecular flexibility index (Phi) is 12.6. The summed E-state index contributed by atoms with van der Waals surface area (Å²) in [5.74, 6) is -2.32. The van der Waals surface area contributed by atoms with E-state index >= 15 is 0 Å². The molecule has 2 fully saturated rings. The summed E-state index contributed by atoms with van der Waals surface area (Å²) in [5, 5.41) is 35.9. The molecule has 16 heteroatoms. The number of hydrogen-bond donors (Lipinski definition) is 5. The summed E-state index contributed by atoms with van der Waals surface area (Å²) < 4.78 is 17.4. The van der Waals surface area contributed by atoms with Gasteiger partial charge in [-0.15, -0.1) is 0 Å². The van der Waals surface area contributed by atoms with Crippen LogP contribution in [0.2, 0.25) is 0 Å². The van der Waals surface area contributed by atoms with Crippen LogP contribution in [0, 0.1) is 5.41 Å². The van der Waals surface area contributed by atoms with Crippen molar-refractivity contribution >= 4 is 45.3 Å². The van der Waals surface area contributed by atoms with E-state index in [-0.39, 0.29) is 83.6 Å². The molecule has 57 heavy (non-hydrogen) atoms. The second-order valence-electron chi connectivity index (χ2n) is 15.5. The molecule has 2 saturated heterocycles. The van der Waals surface area contributed by atoms with Gasteiger partial charge in [-0.3, -0.25) is 24.7 Å². The quantitative estimate of drug-likeness (QED) is 0.0421. The van der Waals surface area contributed by atoms with Crippen LogP contribution in [0.4, 0.5) is 0 Å². The van der Waals surface area contributed by atoms with Crippen LogP contribution in [-0.4, -0.2) is 112 Å². The highest BCUT2D eigenvalue weighted by Crippen LogP contribution is 2.55. The Morgan fingerprint density at radius 2 is 1.93 bits per heavy atom. The van der Waals surface area contributed by atoms with Gasteiger partial charge in [0.25, 0.3) is 0 Å². The minimum atomic E-state index is -0.961. The lowest BCUT2D eigenvalue weighted by atomic mass is 9.62. The molecule has 304 valence electrons. The molecular formula is C41H48N4O10S2. The fraction of sp³-hybridized carbons (Fsp3) is 0.488. The van der Waals surface area contributed by atoms with Crippen molar-refractivity contribution in [1.29, 1.82) is 0 Å². The fourth-order valence-electron chi connectivity index (χ4n) is 9.03. The van der Waals surface area contributed by atoms with Crippen LogP contribution < -0.4 is 15.6 Å².